The number of hydrogen-bond acceptors (Lipinski definition) is 4. The Labute approximate surface area is 205 Å². The summed E-state index contributed by atoms with van der Waals surface area (Å²) >= 11 is 0. The quantitative estimate of drug-likeness (QED) is 0.527. The summed E-state index contributed by atoms with van der Waals surface area (Å²) < 4.78 is 5.67. The van der Waals surface area contributed by atoms with Crippen LogP contribution in [0.5, 0.6) is 0 Å². The molecule has 3 aliphatic carbocycles. The Morgan fingerprint density at radius 3 is 2.23 bits per heavy atom. The smallest absolute Gasteiger partial charge is 0.407 e. The molecule has 2 amide bonds. The molecule has 35 heavy (non-hydrogen) atoms. The zero-order chi connectivity index (χ0) is 24.4. The Morgan fingerprint density at radius 1 is 0.914 bits per heavy atom. The Morgan fingerprint density at radius 2 is 1.57 bits per heavy atom. The molecule has 2 aromatic rings. The highest BCUT2D eigenvalue weighted by molar-refractivity contribution is 5.81. The molecule has 7 heteroatoms. The van der Waals surface area contributed by atoms with Gasteiger partial charge in [-0.3, -0.25) is 9.59 Å². The summed E-state index contributed by atoms with van der Waals surface area (Å²) in [6.45, 7) is 0.825. The van der Waals surface area contributed by atoms with Gasteiger partial charge in [-0.15, -0.1) is 0 Å². The summed E-state index contributed by atoms with van der Waals surface area (Å²) in [4.78, 5) is 36.3. The van der Waals surface area contributed by atoms with E-state index >= 15 is 0 Å². The number of amides is 2. The third-order valence-electron chi connectivity index (χ3n) is 7.86. The molecule has 0 bridgehead atoms. The van der Waals surface area contributed by atoms with Gasteiger partial charge in [-0.2, -0.15) is 0 Å². The second-order valence-electron chi connectivity index (χ2n) is 10.2. The van der Waals surface area contributed by atoms with Crippen LogP contribution >= 0.6 is 0 Å². The fraction of sp³-hybridized carbons (Fsp3) is 0.464. The van der Waals surface area contributed by atoms with Crippen LogP contribution in [0.3, 0.4) is 0 Å². The summed E-state index contributed by atoms with van der Waals surface area (Å²) in [6.07, 6.45) is 3.80. The van der Waals surface area contributed by atoms with Crippen molar-refractivity contribution in [2.75, 3.05) is 13.2 Å². The maximum Gasteiger partial charge on any atom is 0.407 e. The van der Waals surface area contributed by atoms with Crippen molar-refractivity contribution in [2.45, 2.75) is 50.5 Å². The van der Waals surface area contributed by atoms with Crippen LogP contribution in [-0.4, -0.2) is 42.3 Å². The molecule has 3 N–H and O–H groups in total. The molecule has 0 radical (unpaired) electrons. The molecule has 2 aromatic carbocycles. The third kappa shape index (κ3) is 5.04. The van der Waals surface area contributed by atoms with Gasteiger partial charge in [0.2, 0.25) is 5.91 Å². The largest absolute Gasteiger partial charge is 0.481 e. The topological polar surface area (TPSA) is 105 Å². The average Bonchev–Trinajstić information content (AvgIpc) is 3.41. The van der Waals surface area contributed by atoms with Crippen molar-refractivity contribution < 1.29 is 24.2 Å². The molecule has 2 fully saturated rings. The van der Waals surface area contributed by atoms with E-state index in [9.17, 15) is 14.4 Å². The molecular weight excluding hydrogens is 444 g/mol. The molecule has 184 valence electrons. The van der Waals surface area contributed by atoms with Gasteiger partial charge in [0.25, 0.3) is 0 Å². The molecule has 0 heterocycles. The van der Waals surface area contributed by atoms with E-state index in [1.807, 2.05) is 24.3 Å². The van der Waals surface area contributed by atoms with Crippen molar-refractivity contribution in [2.24, 2.45) is 17.8 Å². The number of nitrogens with one attached hydrogen (secondary N) is 2. The fourth-order valence-corrected chi connectivity index (χ4v) is 6.07. The molecule has 7 nitrogen and oxygen atoms in total. The van der Waals surface area contributed by atoms with Crippen molar-refractivity contribution in [3.63, 3.8) is 0 Å². The molecule has 2 unspecified atom stereocenters. The van der Waals surface area contributed by atoms with Gasteiger partial charge in [-0.05, 0) is 59.8 Å². The second kappa shape index (κ2) is 10.1. The van der Waals surface area contributed by atoms with Crippen LogP contribution in [0.1, 0.15) is 55.6 Å². The fourth-order valence-electron chi connectivity index (χ4n) is 6.07. The van der Waals surface area contributed by atoms with E-state index in [-0.39, 0.29) is 42.7 Å². The number of carboxylic acids is 1. The monoisotopic (exact) mass is 476 g/mol. The highest BCUT2D eigenvalue weighted by Crippen LogP contribution is 2.44. The van der Waals surface area contributed by atoms with Crippen molar-refractivity contribution in [1.82, 2.24) is 10.6 Å². The summed E-state index contributed by atoms with van der Waals surface area (Å²) in [7, 11) is 0. The van der Waals surface area contributed by atoms with E-state index in [4.69, 9.17) is 9.84 Å². The number of rotatable bonds is 8. The Kier molecular flexibility index (Phi) is 6.75. The number of carbonyl (C=O) groups is 3. The Hall–Kier alpha value is -3.35. The average molecular weight is 477 g/mol. The van der Waals surface area contributed by atoms with Crippen molar-refractivity contribution in [1.29, 1.82) is 0 Å². The molecule has 0 saturated heterocycles. The number of benzene rings is 2. The molecule has 2 saturated carbocycles. The number of alkyl carbamates (subject to hydrolysis) is 1. The summed E-state index contributed by atoms with van der Waals surface area (Å²) in [5, 5.41) is 14.8. The number of fused-ring (bicyclic) bond motifs is 3. The number of carboxylic acid groups (broad SMARTS) is 1. The van der Waals surface area contributed by atoms with Gasteiger partial charge in [0.1, 0.15) is 6.61 Å². The normalized spacial score (nSPS) is 24.7. The van der Waals surface area contributed by atoms with Crippen LogP contribution in [0.25, 0.3) is 11.1 Å². The number of hydrogen-bond donors (Lipinski definition) is 3. The van der Waals surface area contributed by atoms with Gasteiger partial charge < -0.3 is 20.5 Å². The first-order valence-electron chi connectivity index (χ1n) is 12.6. The number of aliphatic carboxylic acids is 1. The zero-order valence-electron chi connectivity index (χ0n) is 19.7. The molecule has 3 aliphatic rings. The van der Waals surface area contributed by atoms with Crippen LogP contribution in [-0.2, 0) is 14.3 Å². The Balaban J connectivity index is 1.11. The predicted molar refractivity (Wildman–Crippen MR) is 131 cm³/mol. The molecule has 0 spiro atoms. The molecular formula is C28H32N2O5. The second-order valence-corrected chi connectivity index (χ2v) is 10.2. The van der Waals surface area contributed by atoms with Gasteiger partial charge in [0.15, 0.2) is 0 Å². The van der Waals surface area contributed by atoms with Crippen LogP contribution < -0.4 is 10.6 Å². The lowest BCUT2D eigenvalue weighted by Gasteiger charge is -2.34. The number of ether oxygens (including phenoxy) is 1. The maximum absolute atomic E-state index is 12.8. The first-order valence-corrected chi connectivity index (χ1v) is 12.6. The van der Waals surface area contributed by atoms with Crippen LogP contribution in [0.15, 0.2) is 48.5 Å². The molecule has 5 rings (SSSR count). The van der Waals surface area contributed by atoms with E-state index in [2.05, 4.69) is 34.9 Å². The first kappa shape index (κ1) is 23.4. The molecule has 0 aliphatic heterocycles. The van der Waals surface area contributed by atoms with Gasteiger partial charge in [-0.1, -0.05) is 55.0 Å². The minimum atomic E-state index is -0.759. The van der Waals surface area contributed by atoms with Gasteiger partial charge in [0.05, 0.1) is 5.92 Å². The molecule has 2 atom stereocenters. The van der Waals surface area contributed by atoms with E-state index in [0.29, 0.717) is 12.5 Å². The SMILES string of the molecule is O=C(O)CC1CC(CNC(=O)C2CCCC2NC(=O)OCC2c3ccccc3-c3ccccc32)C1. The Bertz CT molecular complexity index is 1060. The first-order chi connectivity index (χ1) is 17.0. The van der Waals surface area contributed by atoms with Crippen molar-refractivity contribution in [3.05, 3.63) is 59.7 Å². The van der Waals surface area contributed by atoms with E-state index < -0.39 is 12.1 Å². The summed E-state index contributed by atoms with van der Waals surface area (Å²) in [6, 6.07) is 16.2. The van der Waals surface area contributed by atoms with Gasteiger partial charge in [-0.25, -0.2) is 4.79 Å². The third-order valence-corrected chi connectivity index (χ3v) is 7.86. The predicted octanol–water partition coefficient (Wildman–Crippen LogP) is 4.31. The summed E-state index contributed by atoms with van der Waals surface area (Å²) in [5.74, 6) is -0.477. The number of carbonyl (C=O) groups excluding carboxylic acids is 2. The molecule has 0 aromatic heterocycles. The lowest BCUT2D eigenvalue weighted by molar-refractivity contribution is -0.139. The van der Waals surface area contributed by atoms with Gasteiger partial charge >= 0.3 is 12.1 Å². The standard InChI is InChI=1S/C28H32N2O5/c31-26(32)14-17-12-18(13-17)15-29-27(33)23-10-5-11-25(23)30-28(34)35-16-24-21-8-3-1-6-19(21)20-7-2-4-9-22(20)24/h1-4,6-9,17-18,23-25H,5,10-16H2,(H,29,33)(H,30,34)(H,31,32). The van der Waals surface area contributed by atoms with E-state index in [1.54, 1.807) is 0 Å². The van der Waals surface area contributed by atoms with E-state index in [1.165, 1.54) is 22.3 Å². The van der Waals surface area contributed by atoms with E-state index in [0.717, 1.165) is 32.1 Å². The van der Waals surface area contributed by atoms with Crippen molar-refractivity contribution in [3.8, 4) is 11.1 Å². The summed E-state index contributed by atoms with van der Waals surface area (Å²) in [5.41, 5.74) is 4.71. The van der Waals surface area contributed by atoms with Crippen LogP contribution in [0.4, 0.5) is 4.79 Å². The van der Waals surface area contributed by atoms with Crippen molar-refractivity contribution >= 4 is 18.0 Å². The maximum atomic E-state index is 12.8. The minimum Gasteiger partial charge on any atom is -0.481 e. The highest BCUT2D eigenvalue weighted by Gasteiger charge is 2.36. The zero-order valence-corrected chi connectivity index (χ0v) is 19.7. The lowest BCUT2D eigenvalue weighted by atomic mass is 9.73. The van der Waals surface area contributed by atoms with Gasteiger partial charge in [0, 0.05) is 24.9 Å². The minimum absolute atomic E-state index is 0.00301. The lowest BCUT2D eigenvalue weighted by Crippen LogP contribution is -2.46. The van der Waals surface area contributed by atoms with Crippen LogP contribution in [0.2, 0.25) is 0 Å². The highest BCUT2D eigenvalue weighted by atomic mass is 16.5. The van der Waals surface area contributed by atoms with Crippen LogP contribution in [0, 0.1) is 17.8 Å².